The number of hydrogen-bond acceptors (Lipinski definition) is 6. The van der Waals surface area contributed by atoms with Crippen LogP contribution in [0.4, 0.5) is 0 Å². The molecule has 0 bridgehead atoms. The van der Waals surface area contributed by atoms with Crippen molar-refractivity contribution >= 4 is 17.9 Å². The van der Waals surface area contributed by atoms with E-state index in [1.807, 2.05) is 0 Å². The van der Waals surface area contributed by atoms with E-state index in [0.29, 0.717) is 19.3 Å². The molecule has 0 aromatic rings. The quantitative estimate of drug-likeness (QED) is 0.0199. The minimum absolute atomic E-state index is 0.0991. The van der Waals surface area contributed by atoms with Gasteiger partial charge in [-0.05, 0) is 96.3 Å². The van der Waals surface area contributed by atoms with Gasteiger partial charge < -0.3 is 14.2 Å². The highest BCUT2D eigenvalue weighted by atomic mass is 16.6. The van der Waals surface area contributed by atoms with E-state index in [9.17, 15) is 14.4 Å². The third-order valence-corrected chi connectivity index (χ3v) is 12.9. The molecule has 416 valence electrons. The van der Waals surface area contributed by atoms with E-state index in [1.54, 1.807) is 0 Å². The predicted octanol–water partition coefficient (Wildman–Crippen LogP) is 20.7. The first-order valence-corrected chi connectivity index (χ1v) is 30.5. The van der Waals surface area contributed by atoms with Crippen molar-refractivity contribution in [2.45, 2.75) is 284 Å². The Labute approximate surface area is 450 Å². The van der Waals surface area contributed by atoms with Crippen LogP contribution in [0.3, 0.4) is 0 Å². The monoisotopic (exact) mass is 1010 g/mol. The van der Waals surface area contributed by atoms with E-state index in [-0.39, 0.29) is 31.1 Å². The zero-order valence-corrected chi connectivity index (χ0v) is 47.6. The number of unbranched alkanes of at least 4 members (excludes halogenated alkanes) is 31. The molecule has 0 N–H and O–H groups in total. The lowest BCUT2D eigenvalue weighted by Crippen LogP contribution is -2.30. The van der Waals surface area contributed by atoms with Crippen molar-refractivity contribution in [3.05, 3.63) is 109 Å². The lowest BCUT2D eigenvalue weighted by atomic mass is 10.1. The van der Waals surface area contributed by atoms with E-state index in [2.05, 4.69) is 130 Å². The highest BCUT2D eigenvalue weighted by Gasteiger charge is 2.19. The molecule has 1 unspecified atom stereocenters. The average molecular weight is 1010 g/mol. The van der Waals surface area contributed by atoms with Crippen LogP contribution in [-0.4, -0.2) is 37.2 Å². The van der Waals surface area contributed by atoms with E-state index in [1.165, 1.54) is 128 Å². The van der Waals surface area contributed by atoms with Crippen LogP contribution in [0.2, 0.25) is 0 Å². The molecule has 0 fully saturated rings. The summed E-state index contributed by atoms with van der Waals surface area (Å²) in [6.45, 7) is 6.53. The molecule has 0 aromatic heterocycles. The smallest absolute Gasteiger partial charge is 0.306 e. The molecule has 0 aliphatic heterocycles. The Bertz CT molecular complexity index is 1490. The number of rotatable bonds is 54. The first kappa shape index (κ1) is 69.1. The molecule has 0 aromatic carbocycles. The molecule has 0 saturated carbocycles. The second-order valence-electron chi connectivity index (χ2n) is 20.1. The fourth-order valence-electron chi connectivity index (χ4n) is 8.28. The summed E-state index contributed by atoms with van der Waals surface area (Å²) in [4.78, 5) is 38.3. The van der Waals surface area contributed by atoms with Crippen LogP contribution in [0.25, 0.3) is 0 Å². The summed E-state index contributed by atoms with van der Waals surface area (Å²) >= 11 is 0. The Hall–Kier alpha value is -3.93. The lowest BCUT2D eigenvalue weighted by Gasteiger charge is -2.18. The van der Waals surface area contributed by atoms with Crippen LogP contribution in [0.1, 0.15) is 278 Å². The molecule has 0 amide bonds. The number of esters is 3. The van der Waals surface area contributed by atoms with Gasteiger partial charge in [0.15, 0.2) is 6.10 Å². The largest absolute Gasteiger partial charge is 0.462 e. The molecule has 0 radical (unpaired) electrons. The van der Waals surface area contributed by atoms with Gasteiger partial charge >= 0.3 is 17.9 Å². The van der Waals surface area contributed by atoms with Gasteiger partial charge in [-0.1, -0.05) is 271 Å². The van der Waals surface area contributed by atoms with Crippen molar-refractivity contribution in [1.29, 1.82) is 0 Å². The summed E-state index contributed by atoms with van der Waals surface area (Å²) in [6, 6.07) is 0. The molecule has 0 aliphatic carbocycles. The summed E-state index contributed by atoms with van der Waals surface area (Å²) in [5, 5.41) is 0. The van der Waals surface area contributed by atoms with Gasteiger partial charge in [0.1, 0.15) is 13.2 Å². The van der Waals surface area contributed by atoms with Gasteiger partial charge in [0.25, 0.3) is 0 Å². The second-order valence-corrected chi connectivity index (χ2v) is 20.1. The maximum absolute atomic E-state index is 12.9. The van der Waals surface area contributed by atoms with Crippen molar-refractivity contribution in [2.75, 3.05) is 13.2 Å². The Morgan fingerprint density at radius 3 is 0.836 bits per heavy atom. The van der Waals surface area contributed by atoms with Crippen LogP contribution in [0.5, 0.6) is 0 Å². The molecule has 0 aliphatic rings. The zero-order chi connectivity index (χ0) is 52.9. The molecule has 0 rings (SSSR count). The molecule has 1 atom stereocenters. The molecule has 0 spiro atoms. The van der Waals surface area contributed by atoms with Crippen molar-refractivity contribution in [3.63, 3.8) is 0 Å². The Kier molecular flexibility index (Phi) is 57.4. The maximum Gasteiger partial charge on any atom is 0.306 e. The van der Waals surface area contributed by atoms with Gasteiger partial charge in [0.05, 0.1) is 0 Å². The maximum atomic E-state index is 12.9. The third-order valence-electron chi connectivity index (χ3n) is 12.9. The molecule has 73 heavy (non-hydrogen) atoms. The van der Waals surface area contributed by atoms with Crippen molar-refractivity contribution in [1.82, 2.24) is 0 Å². The van der Waals surface area contributed by atoms with Crippen LogP contribution < -0.4 is 0 Å². The molecular formula is C67H112O6. The van der Waals surface area contributed by atoms with Crippen LogP contribution >= 0.6 is 0 Å². The normalized spacial score (nSPS) is 12.9. The van der Waals surface area contributed by atoms with E-state index >= 15 is 0 Å². The minimum Gasteiger partial charge on any atom is -0.462 e. The first-order chi connectivity index (χ1) is 36.0. The zero-order valence-electron chi connectivity index (χ0n) is 47.6. The fraction of sp³-hybridized carbons (Fsp3) is 0.687. The van der Waals surface area contributed by atoms with Crippen LogP contribution in [0.15, 0.2) is 109 Å². The van der Waals surface area contributed by atoms with E-state index in [0.717, 1.165) is 109 Å². The summed E-state index contributed by atoms with van der Waals surface area (Å²) in [5.41, 5.74) is 0. The van der Waals surface area contributed by atoms with Gasteiger partial charge in [0, 0.05) is 19.3 Å². The SMILES string of the molecule is CCCCC\C=C/C=C\C=C/C=C\CCCCCCCC(=O)OCC(COC(=O)CCCCCCCCC/C=C\CCCCCCCCCC)OC(=O)CCCCCCC\C=C/C=C\C=C/C=C\CCCCC. The number of hydrogen-bond donors (Lipinski definition) is 0. The van der Waals surface area contributed by atoms with Crippen molar-refractivity contribution in [3.8, 4) is 0 Å². The predicted molar refractivity (Wildman–Crippen MR) is 316 cm³/mol. The Morgan fingerprint density at radius 1 is 0.274 bits per heavy atom. The lowest BCUT2D eigenvalue weighted by molar-refractivity contribution is -0.167. The van der Waals surface area contributed by atoms with Gasteiger partial charge in [-0.3, -0.25) is 14.4 Å². The standard InChI is InChI=1S/C67H112O6/c1-4-7-10-13-16-19-22-25-28-31-34-37-39-42-45-48-51-54-57-60-66(69)72-63-64(73-67(70)61-58-55-52-49-46-43-40-36-33-30-27-24-21-18-15-12-9-6-3)62-71-65(68)59-56-53-50-47-44-41-38-35-32-29-26-23-20-17-14-11-8-5-2/h17-18,20-21,23-24,26-27,29-36,38,40,64H,4-16,19,22,25,28,37,39,41-63H2,1-3H3/b20-17-,21-18-,26-23-,27-24-,32-29-,33-30-,34-31-,38-35-,40-36-. The second kappa shape index (κ2) is 60.6. The highest BCUT2D eigenvalue weighted by molar-refractivity contribution is 5.71. The summed E-state index contributed by atoms with van der Waals surface area (Å²) in [7, 11) is 0. The molecule has 0 saturated heterocycles. The number of carbonyl (C=O) groups excluding carboxylic acids is 3. The Morgan fingerprint density at radius 2 is 0.507 bits per heavy atom. The van der Waals surface area contributed by atoms with Gasteiger partial charge in [-0.15, -0.1) is 0 Å². The van der Waals surface area contributed by atoms with Gasteiger partial charge in [0.2, 0.25) is 0 Å². The summed E-state index contributed by atoms with van der Waals surface area (Å²) in [6.07, 6.45) is 82.1. The number of allylic oxidation sites excluding steroid dienone is 18. The topological polar surface area (TPSA) is 78.9 Å². The summed E-state index contributed by atoms with van der Waals surface area (Å²) in [5.74, 6) is -0.945. The molecule has 6 heteroatoms. The fourth-order valence-corrected chi connectivity index (χ4v) is 8.28. The molecular weight excluding hydrogens is 901 g/mol. The third kappa shape index (κ3) is 58.8. The van der Waals surface area contributed by atoms with E-state index < -0.39 is 6.10 Å². The van der Waals surface area contributed by atoms with Crippen molar-refractivity contribution < 1.29 is 28.6 Å². The molecule has 0 heterocycles. The minimum atomic E-state index is -0.806. The number of ether oxygens (including phenoxy) is 3. The average Bonchev–Trinajstić information content (AvgIpc) is 3.39. The number of carbonyl (C=O) groups is 3. The van der Waals surface area contributed by atoms with Crippen LogP contribution in [-0.2, 0) is 28.6 Å². The molecule has 6 nitrogen and oxygen atoms in total. The highest BCUT2D eigenvalue weighted by Crippen LogP contribution is 2.15. The first-order valence-electron chi connectivity index (χ1n) is 30.5. The van der Waals surface area contributed by atoms with Gasteiger partial charge in [-0.2, -0.15) is 0 Å². The Balaban J connectivity index is 4.50. The van der Waals surface area contributed by atoms with E-state index in [4.69, 9.17) is 14.2 Å². The van der Waals surface area contributed by atoms with Crippen molar-refractivity contribution in [2.24, 2.45) is 0 Å². The van der Waals surface area contributed by atoms with Crippen LogP contribution in [0, 0.1) is 0 Å². The van der Waals surface area contributed by atoms with Gasteiger partial charge in [-0.25, -0.2) is 0 Å². The summed E-state index contributed by atoms with van der Waals surface area (Å²) < 4.78 is 16.9.